The molecule has 0 aliphatic carbocycles. The first-order valence-corrected chi connectivity index (χ1v) is 10.0. The quantitative estimate of drug-likeness (QED) is 0.425. The van der Waals surface area contributed by atoms with E-state index in [1.165, 1.54) is 4.88 Å². The van der Waals surface area contributed by atoms with Gasteiger partial charge in [0.2, 0.25) is 0 Å². The number of benzene rings is 2. The zero-order chi connectivity index (χ0) is 19.3. The van der Waals surface area contributed by atoms with Gasteiger partial charge in [0.15, 0.2) is 0 Å². The van der Waals surface area contributed by atoms with Crippen molar-refractivity contribution in [1.29, 1.82) is 0 Å². The van der Waals surface area contributed by atoms with Crippen molar-refractivity contribution in [2.75, 3.05) is 10.6 Å². The molecule has 0 radical (unpaired) electrons. The van der Waals surface area contributed by atoms with E-state index in [4.69, 9.17) is 0 Å². The first-order chi connectivity index (χ1) is 13.7. The summed E-state index contributed by atoms with van der Waals surface area (Å²) in [5.41, 5.74) is 3.80. The second kappa shape index (κ2) is 8.29. The molecule has 0 atom stereocenters. The number of hydrogen-bond donors (Lipinski definition) is 3. The third-order valence-corrected chi connectivity index (χ3v) is 5.41. The molecule has 0 saturated carbocycles. The van der Waals surface area contributed by atoms with Gasteiger partial charge in [-0.05, 0) is 53.4 Å². The van der Waals surface area contributed by atoms with Gasteiger partial charge in [-0.25, -0.2) is 4.79 Å². The number of anilines is 2. The number of aromatic nitrogens is 1. The van der Waals surface area contributed by atoms with Gasteiger partial charge in [0, 0.05) is 53.5 Å². The number of nitrogens with one attached hydrogen (secondary N) is 3. The molecule has 0 spiro atoms. The van der Waals surface area contributed by atoms with Crippen LogP contribution in [-0.4, -0.2) is 10.6 Å². The summed E-state index contributed by atoms with van der Waals surface area (Å²) in [6.45, 7) is 1.59. The van der Waals surface area contributed by atoms with Gasteiger partial charge in [-0.2, -0.15) is 0 Å². The molecule has 0 aliphatic heterocycles. The molecule has 0 bridgehead atoms. The van der Waals surface area contributed by atoms with Gasteiger partial charge in [-0.3, -0.25) is 0 Å². The van der Waals surface area contributed by atoms with E-state index in [0.29, 0.717) is 0 Å². The van der Waals surface area contributed by atoms with Crippen LogP contribution < -0.4 is 16.0 Å². The highest BCUT2D eigenvalue weighted by Gasteiger charge is 2.05. The Balaban J connectivity index is 1.34. The van der Waals surface area contributed by atoms with Crippen LogP contribution in [0.3, 0.4) is 0 Å². The Morgan fingerprint density at radius 3 is 2.64 bits per heavy atom. The fourth-order valence-corrected chi connectivity index (χ4v) is 3.83. The summed E-state index contributed by atoms with van der Waals surface area (Å²) in [6.07, 6.45) is 2.01. The lowest BCUT2D eigenvalue weighted by Gasteiger charge is -2.10. The van der Waals surface area contributed by atoms with Gasteiger partial charge in [0.05, 0.1) is 0 Å². The number of aryl methyl sites for hydroxylation is 1. The van der Waals surface area contributed by atoms with E-state index in [1.54, 1.807) is 11.3 Å². The van der Waals surface area contributed by atoms with Gasteiger partial charge in [0.1, 0.15) is 0 Å². The summed E-state index contributed by atoms with van der Waals surface area (Å²) < 4.78 is 2.05. The van der Waals surface area contributed by atoms with E-state index >= 15 is 0 Å². The summed E-state index contributed by atoms with van der Waals surface area (Å²) in [6, 6.07) is 19.7. The van der Waals surface area contributed by atoms with Gasteiger partial charge in [0.25, 0.3) is 0 Å². The molecule has 6 heteroatoms. The van der Waals surface area contributed by atoms with Gasteiger partial charge in [-0.15, -0.1) is 11.3 Å². The first-order valence-electron chi connectivity index (χ1n) is 9.12. The summed E-state index contributed by atoms with van der Waals surface area (Å²) >= 11 is 1.74. The molecule has 0 saturated heterocycles. The smallest absolute Gasteiger partial charge is 0.323 e. The summed E-state index contributed by atoms with van der Waals surface area (Å²) in [4.78, 5) is 13.7. The Bertz CT molecular complexity index is 1090. The molecule has 2 aromatic heterocycles. The molecule has 4 rings (SSSR count). The lowest BCUT2D eigenvalue weighted by molar-refractivity contribution is 0.262. The van der Waals surface area contributed by atoms with Crippen LogP contribution in [-0.2, 0) is 20.1 Å². The highest BCUT2D eigenvalue weighted by Crippen LogP contribution is 2.20. The molecule has 2 amide bonds. The van der Waals surface area contributed by atoms with Crippen LogP contribution in [0.15, 0.2) is 72.2 Å². The third kappa shape index (κ3) is 4.42. The second-order valence-corrected chi connectivity index (χ2v) is 7.69. The molecular formula is C22H22N4OS. The van der Waals surface area contributed by atoms with E-state index in [9.17, 15) is 4.79 Å². The van der Waals surface area contributed by atoms with Crippen LogP contribution in [0.25, 0.3) is 10.9 Å². The van der Waals surface area contributed by atoms with Crippen molar-refractivity contribution in [2.24, 2.45) is 7.05 Å². The first kappa shape index (κ1) is 18.3. The number of carbonyl (C=O) groups is 1. The number of carbonyl (C=O) groups excluding carboxylic acids is 1. The highest BCUT2D eigenvalue weighted by atomic mass is 32.1. The van der Waals surface area contributed by atoms with E-state index in [-0.39, 0.29) is 6.03 Å². The zero-order valence-electron chi connectivity index (χ0n) is 15.6. The normalized spacial score (nSPS) is 10.9. The van der Waals surface area contributed by atoms with Crippen molar-refractivity contribution < 1.29 is 4.79 Å². The van der Waals surface area contributed by atoms with E-state index in [0.717, 1.165) is 40.9 Å². The number of nitrogens with zero attached hydrogens (tertiary/aromatic N) is 1. The van der Waals surface area contributed by atoms with Crippen molar-refractivity contribution in [1.82, 2.24) is 9.88 Å². The predicted molar refractivity (Wildman–Crippen MR) is 117 cm³/mol. The Hall–Kier alpha value is -3.09. The van der Waals surface area contributed by atoms with Crippen molar-refractivity contribution in [3.8, 4) is 0 Å². The maximum Gasteiger partial charge on any atom is 0.323 e. The number of rotatable bonds is 6. The summed E-state index contributed by atoms with van der Waals surface area (Å²) in [5.74, 6) is 0. The topological polar surface area (TPSA) is 58.1 Å². The molecule has 28 heavy (non-hydrogen) atoms. The average molecular weight is 391 g/mol. The van der Waals surface area contributed by atoms with E-state index < -0.39 is 0 Å². The highest BCUT2D eigenvalue weighted by molar-refractivity contribution is 7.09. The zero-order valence-corrected chi connectivity index (χ0v) is 16.4. The van der Waals surface area contributed by atoms with Crippen LogP contribution in [0.5, 0.6) is 0 Å². The SMILES string of the molecule is Cn1ccc2cc(NC(=O)Nc3cccc(CNCc4cccs4)c3)ccc21. The Labute approximate surface area is 168 Å². The fraction of sp³-hybridized carbons (Fsp3) is 0.136. The van der Waals surface area contributed by atoms with Crippen molar-refractivity contribution in [3.63, 3.8) is 0 Å². The molecule has 0 fully saturated rings. The van der Waals surface area contributed by atoms with Gasteiger partial charge >= 0.3 is 6.03 Å². The van der Waals surface area contributed by atoms with Crippen molar-refractivity contribution in [3.05, 3.63) is 82.7 Å². The maximum absolute atomic E-state index is 12.4. The minimum absolute atomic E-state index is 0.251. The average Bonchev–Trinajstić information content (AvgIpc) is 3.32. The largest absolute Gasteiger partial charge is 0.351 e. The Kier molecular flexibility index (Phi) is 5.41. The Morgan fingerprint density at radius 1 is 0.964 bits per heavy atom. The number of hydrogen-bond acceptors (Lipinski definition) is 3. The van der Waals surface area contributed by atoms with E-state index in [2.05, 4.69) is 38.0 Å². The van der Waals surface area contributed by atoms with Crippen molar-refractivity contribution >= 4 is 39.6 Å². The number of amides is 2. The summed E-state index contributed by atoms with van der Waals surface area (Å²) in [7, 11) is 2.00. The summed E-state index contributed by atoms with van der Waals surface area (Å²) in [5, 5.41) is 12.4. The minimum Gasteiger partial charge on any atom is -0.351 e. The molecule has 2 heterocycles. The molecule has 0 aliphatic rings. The third-order valence-electron chi connectivity index (χ3n) is 4.54. The molecule has 4 aromatic rings. The van der Waals surface area contributed by atoms with Crippen LogP contribution in [0, 0.1) is 0 Å². The van der Waals surface area contributed by atoms with Crippen molar-refractivity contribution in [2.45, 2.75) is 13.1 Å². The molecule has 2 aromatic carbocycles. The number of fused-ring (bicyclic) bond motifs is 1. The molecule has 3 N–H and O–H groups in total. The second-order valence-electron chi connectivity index (χ2n) is 6.66. The van der Waals surface area contributed by atoms with Crippen LogP contribution in [0.2, 0.25) is 0 Å². The minimum atomic E-state index is -0.251. The lowest BCUT2D eigenvalue weighted by Crippen LogP contribution is -2.19. The molecule has 5 nitrogen and oxygen atoms in total. The monoisotopic (exact) mass is 390 g/mol. The van der Waals surface area contributed by atoms with Gasteiger partial charge < -0.3 is 20.5 Å². The molecule has 0 unspecified atom stereocenters. The van der Waals surface area contributed by atoms with Gasteiger partial charge in [-0.1, -0.05) is 18.2 Å². The molecular weight excluding hydrogens is 368 g/mol. The van der Waals surface area contributed by atoms with Crippen LogP contribution in [0.4, 0.5) is 16.2 Å². The van der Waals surface area contributed by atoms with Crippen LogP contribution >= 0.6 is 11.3 Å². The number of thiophene rings is 1. The predicted octanol–water partition coefficient (Wildman–Crippen LogP) is 5.17. The molecule has 142 valence electrons. The Morgan fingerprint density at radius 2 is 1.82 bits per heavy atom. The number of urea groups is 1. The fourth-order valence-electron chi connectivity index (χ4n) is 3.16. The lowest BCUT2D eigenvalue weighted by atomic mass is 10.2. The van der Waals surface area contributed by atoms with Crippen LogP contribution in [0.1, 0.15) is 10.4 Å². The van der Waals surface area contributed by atoms with E-state index in [1.807, 2.05) is 61.8 Å². The maximum atomic E-state index is 12.4. The standard InChI is InChI=1S/C22H22N4OS/c1-26-10-9-17-13-19(7-8-21(17)26)25-22(27)24-18-5-2-4-16(12-18)14-23-15-20-6-3-11-28-20/h2-13,23H,14-15H2,1H3,(H2,24,25,27).